The van der Waals surface area contributed by atoms with Crippen LogP contribution in [0.15, 0.2) is 192 Å². The second-order valence-corrected chi connectivity index (χ2v) is 16.1. The van der Waals surface area contributed by atoms with Crippen molar-refractivity contribution in [2.24, 2.45) is 0 Å². The van der Waals surface area contributed by atoms with Crippen molar-refractivity contribution in [1.82, 2.24) is 4.57 Å². The Morgan fingerprint density at radius 3 is 1.79 bits per heavy atom. The topological polar surface area (TPSA) is 18.1 Å². The van der Waals surface area contributed by atoms with Crippen molar-refractivity contribution in [3.63, 3.8) is 0 Å². The molecule has 11 aromatic rings. The van der Waals surface area contributed by atoms with Gasteiger partial charge in [0.25, 0.3) is 0 Å². The van der Waals surface area contributed by atoms with Gasteiger partial charge in [-0.15, -0.1) is 0 Å². The van der Waals surface area contributed by atoms with Gasteiger partial charge in [0.1, 0.15) is 11.2 Å². The maximum absolute atomic E-state index is 6.37. The monoisotopic (exact) mass is 727 g/mol. The molecule has 0 atom stereocenters. The van der Waals surface area contributed by atoms with Gasteiger partial charge in [-0.1, -0.05) is 153 Å². The van der Waals surface area contributed by atoms with Crippen LogP contribution in [0, 0.1) is 0 Å². The highest BCUT2D eigenvalue weighted by atomic mass is 16.3. The van der Waals surface area contributed by atoms with Crippen LogP contribution in [0.3, 0.4) is 0 Å². The molecule has 12 rings (SSSR count). The summed E-state index contributed by atoms with van der Waals surface area (Å²) in [4.78, 5) is 0. The minimum Gasteiger partial charge on any atom is -0.456 e. The van der Waals surface area contributed by atoms with E-state index in [0.29, 0.717) is 0 Å². The maximum atomic E-state index is 6.37. The van der Waals surface area contributed by atoms with Gasteiger partial charge in [-0.25, -0.2) is 0 Å². The number of benzene rings is 9. The molecule has 0 saturated carbocycles. The Morgan fingerprint density at radius 1 is 0.404 bits per heavy atom. The number of hydrogen-bond donors (Lipinski definition) is 0. The minimum atomic E-state index is -0.225. The van der Waals surface area contributed by atoms with Crippen LogP contribution < -0.4 is 0 Å². The molecule has 9 aromatic carbocycles. The second kappa shape index (κ2) is 11.9. The third-order valence-corrected chi connectivity index (χ3v) is 12.6. The second-order valence-electron chi connectivity index (χ2n) is 16.1. The van der Waals surface area contributed by atoms with Crippen molar-refractivity contribution >= 4 is 54.5 Å². The van der Waals surface area contributed by atoms with Crippen molar-refractivity contribution in [3.8, 4) is 50.2 Å². The van der Waals surface area contributed by atoms with Crippen LogP contribution in [0.2, 0.25) is 0 Å². The fraction of sp³-hybridized carbons (Fsp3) is 0.0545. The van der Waals surface area contributed by atoms with Crippen LogP contribution in [-0.2, 0) is 5.41 Å². The first kappa shape index (κ1) is 32.1. The molecule has 2 nitrogen and oxygen atoms in total. The lowest BCUT2D eigenvalue weighted by atomic mass is 9.80. The van der Waals surface area contributed by atoms with Crippen LogP contribution in [0.4, 0.5) is 0 Å². The van der Waals surface area contributed by atoms with E-state index in [4.69, 9.17) is 4.42 Å². The molecule has 1 aliphatic rings. The summed E-state index contributed by atoms with van der Waals surface area (Å²) >= 11 is 0. The number of nitrogens with zero attached hydrogens (tertiary/aromatic N) is 1. The highest BCUT2D eigenvalue weighted by molar-refractivity contribution is 6.13. The maximum Gasteiger partial charge on any atom is 0.135 e. The molecule has 0 fully saturated rings. The number of fused-ring (bicyclic) bond motifs is 11. The van der Waals surface area contributed by atoms with Crippen LogP contribution in [0.5, 0.6) is 0 Å². The number of furan rings is 1. The van der Waals surface area contributed by atoms with Crippen molar-refractivity contribution in [1.29, 1.82) is 0 Å². The predicted molar refractivity (Wildman–Crippen MR) is 239 cm³/mol. The van der Waals surface area contributed by atoms with Gasteiger partial charge in [-0.2, -0.15) is 0 Å². The molecule has 57 heavy (non-hydrogen) atoms. The lowest BCUT2D eigenvalue weighted by molar-refractivity contribution is 0.656. The molecule has 268 valence electrons. The fourth-order valence-corrected chi connectivity index (χ4v) is 9.86. The van der Waals surface area contributed by atoms with Crippen molar-refractivity contribution < 1.29 is 4.42 Å². The summed E-state index contributed by atoms with van der Waals surface area (Å²) in [6, 6.07) is 68.9. The Morgan fingerprint density at radius 2 is 1.02 bits per heavy atom. The third kappa shape index (κ3) is 4.71. The quantitative estimate of drug-likeness (QED) is 0.177. The van der Waals surface area contributed by atoms with E-state index in [1.807, 2.05) is 0 Å². The molecule has 0 aliphatic heterocycles. The Hall–Kier alpha value is -7.16. The van der Waals surface area contributed by atoms with Crippen LogP contribution in [-0.4, -0.2) is 4.57 Å². The zero-order chi connectivity index (χ0) is 37.8. The molecule has 0 bridgehead atoms. The van der Waals surface area contributed by atoms with E-state index in [9.17, 15) is 0 Å². The predicted octanol–water partition coefficient (Wildman–Crippen LogP) is 15.1. The van der Waals surface area contributed by atoms with Gasteiger partial charge in [0.05, 0.1) is 11.0 Å². The zero-order valence-corrected chi connectivity index (χ0v) is 31.8. The highest BCUT2D eigenvalue weighted by Crippen LogP contribution is 2.53. The van der Waals surface area contributed by atoms with Crippen LogP contribution in [0.25, 0.3) is 105 Å². The van der Waals surface area contributed by atoms with Gasteiger partial charge >= 0.3 is 0 Å². The number of aromatic nitrogens is 1. The van der Waals surface area contributed by atoms with E-state index < -0.39 is 0 Å². The zero-order valence-electron chi connectivity index (χ0n) is 31.8. The molecule has 0 spiro atoms. The lowest BCUT2D eigenvalue weighted by Gasteiger charge is -2.23. The number of rotatable bonds is 4. The first-order valence-electron chi connectivity index (χ1n) is 19.8. The lowest BCUT2D eigenvalue weighted by Crippen LogP contribution is -2.15. The summed E-state index contributed by atoms with van der Waals surface area (Å²) in [5.74, 6) is 0. The van der Waals surface area contributed by atoms with Crippen molar-refractivity contribution in [2.75, 3.05) is 0 Å². The SMILES string of the molecule is CC1(C)c2cc(-n3c4ccc(-c5ccccc5)cc4c4cc(-c5ccc(-c6cccc7ccccc67)cc5)ccc43)ccc2-c2ccc3oc4ccccc4c3c21. The normalized spacial score (nSPS) is 13.2. The van der Waals surface area contributed by atoms with E-state index >= 15 is 0 Å². The van der Waals surface area contributed by atoms with E-state index in [1.165, 1.54) is 105 Å². The number of para-hydroxylation sites is 1. The Labute approximate surface area is 330 Å². The summed E-state index contributed by atoms with van der Waals surface area (Å²) in [7, 11) is 0. The van der Waals surface area contributed by atoms with Crippen molar-refractivity contribution in [3.05, 3.63) is 199 Å². The molecule has 2 aromatic heterocycles. The third-order valence-electron chi connectivity index (χ3n) is 12.6. The highest BCUT2D eigenvalue weighted by Gasteiger charge is 2.38. The molecule has 0 amide bonds. The average molecular weight is 728 g/mol. The first-order chi connectivity index (χ1) is 28.0. The summed E-state index contributed by atoms with van der Waals surface area (Å²) < 4.78 is 8.84. The van der Waals surface area contributed by atoms with Crippen molar-refractivity contribution in [2.45, 2.75) is 19.3 Å². The molecule has 0 unspecified atom stereocenters. The standard InChI is InChI=1S/C55H37NO/c1-55(2)48-33-40(25-26-43(48)44-27-30-52-53(54(44)55)45-16-8-9-18-51(45)57-52)56-49-28-23-38(34-11-4-3-5-12-34)31-46(49)47-32-39(24-29-50(47)56)35-19-21-37(22-20-35)42-17-10-14-36-13-6-7-15-41(36)42/h3-33H,1-2H3. The molecule has 2 heterocycles. The molecule has 2 heteroatoms. The summed E-state index contributed by atoms with van der Waals surface area (Å²) in [6.07, 6.45) is 0. The molecular formula is C55H37NO. The first-order valence-corrected chi connectivity index (χ1v) is 19.8. The Kier molecular flexibility index (Phi) is 6.72. The Balaban J connectivity index is 1.02. The smallest absolute Gasteiger partial charge is 0.135 e. The van der Waals surface area contributed by atoms with Crippen LogP contribution >= 0.6 is 0 Å². The Bertz CT molecular complexity index is 3410. The van der Waals surface area contributed by atoms with Gasteiger partial charge in [-0.05, 0) is 115 Å². The summed E-state index contributed by atoms with van der Waals surface area (Å²) in [5.41, 5.74) is 17.8. The molecule has 0 N–H and O–H groups in total. The van der Waals surface area contributed by atoms with E-state index in [-0.39, 0.29) is 5.41 Å². The van der Waals surface area contributed by atoms with E-state index in [2.05, 4.69) is 206 Å². The van der Waals surface area contributed by atoms with Crippen LogP contribution in [0.1, 0.15) is 25.0 Å². The van der Waals surface area contributed by atoms with Gasteiger partial charge < -0.3 is 8.98 Å². The van der Waals surface area contributed by atoms with Gasteiger partial charge in [0.2, 0.25) is 0 Å². The van der Waals surface area contributed by atoms with E-state index in [0.717, 1.165) is 11.2 Å². The van der Waals surface area contributed by atoms with Gasteiger partial charge in [-0.3, -0.25) is 0 Å². The summed E-state index contributed by atoms with van der Waals surface area (Å²) in [5, 5.41) is 7.44. The molecule has 1 aliphatic carbocycles. The number of hydrogen-bond acceptors (Lipinski definition) is 1. The molecule has 0 radical (unpaired) electrons. The summed E-state index contributed by atoms with van der Waals surface area (Å²) in [6.45, 7) is 4.75. The minimum absolute atomic E-state index is 0.225. The van der Waals surface area contributed by atoms with Gasteiger partial charge in [0, 0.05) is 32.6 Å². The average Bonchev–Trinajstić information content (AvgIpc) is 3.88. The van der Waals surface area contributed by atoms with Gasteiger partial charge in [0.15, 0.2) is 0 Å². The molecular weight excluding hydrogens is 691 g/mol. The fourth-order valence-electron chi connectivity index (χ4n) is 9.86. The molecule has 0 saturated heterocycles. The van der Waals surface area contributed by atoms with E-state index in [1.54, 1.807) is 0 Å². The largest absolute Gasteiger partial charge is 0.456 e.